The summed E-state index contributed by atoms with van der Waals surface area (Å²) in [6.07, 6.45) is 4.38. The summed E-state index contributed by atoms with van der Waals surface area (Å²) in [6, 6.07) is 10.4. The molecule has 4 rings (SSSR count). The Balaban J connectivity index is 1.79. The lowest BCUT2D eigenvalue weighted by Gasteiger charge is -2.18. The van der Waals surface area contributed by atoms with E-state index in [0.29, 0.717) is 5.82 Å². The van der Waals surface area contributed by atoms with Crippen LogP contribution in [0, 0.1) is 12.8 Å². The van der Waals surface area contributed by atoms with Crippen molar-refractivity contribution in [2.45, 2.75) is 26.7 Å². The molecule has 0 amide bonds. The molecule has 0 atom stereocenters. The number of anilines is 2. The average Bonchev–Trinajstić information content (AvgIpc) is 3.35. The standard InChI is InChI=1S/C20H24N4OS/c1-3-26-23-15-6-7-19(22-12-14-4-5-14)18(11-15)17-10-13(2)24(25)20-16(17)8-9-21-20/h6-11,14,22-23,25H,3-5,12H2,1-2H3. The summed E-state index contributed by atoms with van der Waals surface area (Å²) in [4.78, 5) is 4.32. The number of nitrogens with one attached hydrogen (secondary N) is 2. The van der Waals surface area contributed by atoms with Crippen LogP contribution in [0.3, 0.4) is 0 Å². The Labute approximate surface area is 158 Å². The summed E-state index contributed by atoms with van der Waals surface area (Å²) in [6.45, 7) is 5.03. The van der Waals surface area contributed by atoms with E-state index in [0.717, 1.165) is 56.7 Å². The third-order valence-corrected chi connectivity index (χ3v) is 5.45. The maximum Gasteiger partial charge on any atom is 0.176 e. The van der Waals surface area contributed by atoms with E-state index in [9.17, 15) is 5.21 Å². The Morgan fingerprint density at radius 3 is 2.81 bits per heavy atom. The topological polar surface area (TPSA) is 62.1 Å². The number of nitrogens with zero attached hydrogens (tertiary/aromatic N) is 2. The van der Waals surface area contributed by atoms with Crippen LogP contribution < -0.4 is 10.0 Å². The number of benzene rings is 1. The monoisotopic (exact) mass is 368 g/mol. The Morgan fingerprint density at radius 1 is 1.19 bits per heavy atom. The molecule has 0 spiro atoms. The van der Waals surface area contributed by atoms with E-state index >= 15 is 0 Å². The lowest BCUT2D eigenvalue weighted by molar-refractivity contribution is 0.180. The van der Waals surface area contributed by atoms with Gasteiger partial charge in [-0.2, -0.15) is 4.73 Å². The largest absolute Gasteiger partial charge is 0.427 e. The van der Waals surface area contributed by atoms with Gasteiger partial charge in [-0.15, -0.1) is 0 Å². The molecule has 1 aliphatic carbocycles. The molecule has 3 N–H and O–H groups in total. The molecule has 6 heteroatoms. The first-order chi connectivity index (χ1) is 12.7. The van der Waals surface area contributed by atoms with E-state index in [1.165, 1.54) is 12.8 Å². The van der Waals surface area contributed by atoms with Gasteiger partial charge in [0.2, 0.25) is 0 Å². The zero-order chi connectivity index (χ0) is 18.1. The maximum absolute atomic E-state index is 10.3. The van der Waals surface area contributed by atoms with Crippen molar-refractivity contribution in [3.8, 4) is 22.5 Å². The van der Waals surface area contributed by atoms with Gasteiger partial charge in [0.05, 0.1) is 5.69 Å². The molecule has 136 valence electrons. The van der Waals surface area contributed by atoms with Crippen molar-refractivity contribution in [3.05, 3.63) is 42.2 Å². The summed E-state index contributed by atoms with van der Waals surface area (Å²) in [5.74, 6) is 2.40. The van der Waals surface area contributed by atoms with Crippen molar-refractivity contribution in [2.24, 2.45) is 5.92 Å². The van der Waals surface area contributed by atoms with Crippen LogP contribution in [0.15, 0.2) is 36.5 Å². The molecule has 0 aromatic heterocycles. The van der Waals surface area contributed by atoms with Gasteiger partial charge in [-0.1, -0.05) is 18.9 Å². The second-order valence-corrected chi connectivity index (χ2v) is 7.88. The van der Waals surface area contributed by atoms with Crippen LogP contribution in [-0.2, 0) is 0 Å². The number of rotatable bonds is 7. The van der Waals surface area contributed by atoms with Crippen LogP contribution in [0.2, 0.25) is 0 Å². The highest BCUT2D eigenvalue weighted by molar-refractivity contribution is 8.00. The second kappa shape index (κ2) is 7.11. The van der Waals surface area contributed by atoms with Crippen molar-refractivity contribution in [2.75, 3.05) is 22.3 Å². The third kappa shape index (κ3) is 3.33. The molecule has 2 heterocycles. The Morgan fingerprint density at radius 2 is 2.04 bits per heavy atom. The van der Waals surface area contributed by atoms with Crippen molar-refractivity contribution < 1.29 is 5.21 Å². The van der Waals surface area contributed by atoms with Crippen molar-refractivity contribution in [1.82, 2.24) is 9.71 Å². The highest BCUT2D eigenvalue weighted by atomic mass is 32.2. The molecule has 26 heavy (non-hydrogen) atoms. The fraction of sp³-hybridized carbons (Fsp3) is 0.350. The predicted molar refractivity (Wildman–Crippen MR) is 109 cm³/mol. The van der Waals surface area contributed by atoms with Gasteiger partial charge in [-0.3, -0.25) is 0 Å². The third-order valence-electron chi connectivity index (χ3n) is 4.78. The molecule has 0 unspecified atom stereocenters. The van der Waals surface area contributed by atoms with Gasteiger partial charge < -0.3 is 15.2 Å². The molecule has 3 aliphatic rings. The van der Waals surface area contributed by atoms with E-state index in [1.807, 2.05) is 19.1 Å². The lowest BCUT2D eigenvalue weighted by Crippen LogP contribution is -2.07. The zero-order valence-corrected chi connectivity index (χ0v) is 15.9. The van der Waals surface area contributed by atoms with E-state index < -0.39 is 0 Å². The first-order valence-electron chi connectivity index (χ1n) is 9.09. The Bertz CT molecular complexity index is 888. The van der Waals surface area contributed by atoms with Crippen LogP contribution in [0.25, 0.3) is 22.5 Å². The zero-order valence-electron chi connectivity index (χ0n) is 15.1. The summed E-state index contributed by atoms with van der Waals surface area (Å²) >= 11 is 1.68. The van der Waals surface area contributed by atoms with Crippen LogP contribution >= 0.6 is 11.9 Å². The van der Waals surface area contributed by atoms with Crippen molar-refractivity contribution >= 4 is 23.3 Å². The van der Waals surface area contributed by atoms with Gasteiger partial charge in [0.15, 0.2) is 5.82 Å². The predicted octanol–water partition coefficient (Wildman–Crippen LogP) is 5.10. The number of fused-ring (bicyclic) bond motifs is 1. The second-order valence-electron chi connectivity index (χ2n) is 6.81. The highest BCUT2D eigenvalue weighted by Gasteiger charge is 2.23. The molecule has 1 saturated carbocycles. The van der Waals surface area contributed by atoms with Crippen LogP contribution in [-0.4, -0.2) is 27.2 Å². The highest BCUT2D eigenvalue weighted by Crippen LogP contribution is 2.40. The number of aryl methyl sites for hydroxylation is 1. The van der Waals surface area contributed by atoms with Gasteiger partial charge in [0.25, 0.3) is 0 Å². The number of hydrogen-bond donors (Lipinski definition) is 3. The number of hydrogen-bond acceptors (Lipinski definition) is 5. The van der Waals surface area contributed by atoms with Gasteiger partial charge in [0, 0.05) is 41.0 Å². The molecule has 1 aromatic rings. The Hall–Kier alpha value is -2.34. The van der Waals surface area contributed by atoms with Gasteiger partial charge in [0.1, 0.15) is 0 Å². The minimum atomic E-state index is 0.592. The van der Waals surface area contributed by atoms with E-state index in [4.69, 9.17) is 0 Å². The number of aromatic nitrogens is 2. The molecule has 0 bridgehead atoms. The smallest absolute Gasteiger partial charge is 0.176 e. The molecule has 1 aromatic carbocycles. The lowest BCUT2D eigenvalue weighted by atomic mass is 9.97. The molecular weight excluding hydrogens is 344 g/mol. The minimum absolute atomic E-state index is 0.592. The van der Waals surface area contributed by atoms with Gasteiger partial charge >= 0.3 is 0 Å². The van der Waals surface area contributed by atoms with E-state index in [1.54, 1.807) is 18.1 Å². The van der Waals surface area contributed by atoms with E-state index in [-0.39, 0.29) is 0 Å². The van der Waals surface area contributed by atoms with Crippen molar-refractivity contribution in [1.29, 1.82) is 0 Å². The normalized spacial score (nSPS) is 13.9. The van der Waals surface area contributed by atoms with Crippen LogP contribution in [0.1, 0.15) is 25.5 Å². The minimum Gasteiger partial charge on any atom is -0.427 e. The quantitative estimate of drug-likeness (QED) is 0.400. The molecule has 2 aliphatic heterocycles. The van der Waals surface area contributed by atoms with Gasteiger partial charge in [-0.25, -0.2) is 4.98 Å². The first-order valence-corrected chi connectivity index (χ1v) is 10.1. The SMILES string of the molecule is CCSNc1ccc(NCC2CC2)c(-c2cc(C)n(O)c3nccc2-3)c1. The summed E-state index contributed by atoms with van der Waals surface area (Å²) in [5, 5.41) is 13.9. The molecule has 1 fully saturated rings. The summed E-state index contributed by atoms with van der Waals surface area (Å²) in [7, 11) is 0. The van der Waals surface area contributed by atoms with Crippen LogP contribution in [0.4, 0.5) is 11.4 Å². The first kappa shape index (κ1) is 17.1. The molecule has 5 nitrogen and oxygen atoms in total. The fourth-order valence-corrected chi connectivity index (χ4v) is 3.60. The van der Waals surface area contributed by atoms with Crippen molar-refractivity contribution in [3.63, 3.8) is 0 Å². The molecule has 0 saturated heterocycles. The molecular formula is C20H24N4OS. The fourth-order valence-electron chi connectivity index (χ4n) is 3.16. The van der Waals surface area contributed by atoms with E-state index in [2.05, 4.69) is 40.1 Å². The average molecular weight is 369 g/mol. The number of pyridine rings is 1. The van der Waals surface area contributed by atoms with Crippen LogP contribution in [0.5, 0.6) is 0 Å². The maximum atomic E-state index is 10.3. The Kier molecular flexibility index (Phi) is 4.68. The summed E-state index contributed by atoms with van der Waals surface area (Å²) < 4.78 is 4.55. The molecule has 0 radical (unpaired) electrons. The van der Waals surface area contributed by atoms with Gasteiger partial charge in [-0.05, 0) is 61.6 Å². The summed E-state index contributed by atoms with van der Waals surface area (Å²) in [5.41, 5.74) is 6.14.